The summed E-state index contributed by atoms with van der Waals surface area (Å²) in [5.74, 6) is -0.391. The maximum absolute atomic E-state index is 13.2. The van der Waals surface area contributed by atoms with Crippen molar-refractivity contribution in [2.75, 3.05) is 13.1 Å². The van der Waals surface area contributed by atoms with Crippen molar-refractivity contribution in [3.63, 3.8) is 0 Å². The molecule has 0 spiro atoms. The van der Waals surface area contributed by atoms with Crippen molar-refractivity contribution in [1.29, 1.82) is 0 Å². The third kappa shape index (κ3) is 1.69. The maximum atomic E-state index is 13.2. The molecule has 0 bridgehead atoms. The second-order valence-electron chi connectivity index (χ2n) is 3.95. The molecule has 3 nitrogen and oxygen atoms in total. The largest absolute Gasteiger partial charge is 0.353 e. The third-order valence-electron chi connectivity index (χ3n) is 3.07. The zero-order valence-corrected chi connectivity index (χ0v) is 9.22. The van der Waals surface area contributed by atoms with Gasteiger partial charge in [-0.05, 0) is 24.1 Å². The molecule has 1 aliphatic rings. The lowest BCUT2D eigenvalue weighted by atomic mass is 9.85. The quantitative estimate of drug-likeness (QED) is 0.788. The Kier molecular flexibility index (Phi) is 2.92. The molecule has 0 radical (unpaired) electrons. The molecule has 1 fully saturated rings. The molecule has 1 aliphatic heterocycles. The lowest BCUT2D eigenvalue weighted by Crippen LogP contribution is -2.60. The molecule has 1 saturated heterocycles. The summed E-state index contributed by atoms with van der Waals surface area (Å²) in [6.45, 7) is 3.24. The molecular formula is C12H15FN2O. The Balaban J connectivity index is 2.44. The number of amides is 1. The van der Waals surface area contributed by atoms with Gasteiger partial charge in [0.2, 0.25) is 5.91 Å². The summed E-state index contributed by atoms with van der Waals surface area (Å²) in [5.41, 5.74) is -0.0902. The Morgan fingerprint density at radius 1 is 1.44 bits per heavy atom. The van der Waals surface area contributed by atoms with E-state index in [1.807, 2.05) is 6.92 Å². The van der Waals surface area contributed by atoms with Gasteiger partial charge in [-0.15, -0.1) is 0 Å². The van der Waals surface area contributed by atoms with E-state index in [0.29, 0.717) is 25.1 Å². The van der Waals surface area contributed by atoms with Crippen LogP contribution in [-0.4, -0.2) is 19.0 Å². The Labute approximate surface area is 94.0 Å². The van der Waals surface area contributed by atoms with Crippen LogP contribution in [0.5, 0.6) is 0 Å². The van der Waals surface area contributed by atoms with Gasteiger partial charge in [0.15, 0.2) is 0 Å². The molecule has 0 saturated carbocycles. The first kappa shape index (κ1) is 11.1. The summed E-state index contributed by atoms with van der Waals surface area (Å²) in [5, 5.41) is 6.01. The number of hydrogen-bond donors (Lipinski definition) is 2. The number of hydrogen-bond acceptors (Lipinski definition) is 2. The molecule has 1 aromatic carbocycles. The second-order valence-corrected chi connectivity index (χ2v) is 3.95. The predicted molar refractivity (Wildman–Crippen MR) is 59.4 cm³/mol. The van der Waals surface area contributed by atoms with Gasteiger partial charge in [-0.2, -0.15) is 0 Å². The van der Waals surface area contributed by atoms with Crippen LogP contribution in [0.25, 0.3) is 0 Å². The van der Waals surface area contributed by atoms with Crippen LogP contribution in [-0.2, 0) is 10.3 Å². The fourth-order valence-corrected chi connectivity index (χ4v) is 2.16. The molecule has 1 aromatic rings. The number of carbonyl (C=O) groups excluding carboxylic acids is 1. The van der Waals surface area contributed by atoms with E-state index in [9.17, 15) is 9.18 Å². The van der Waals surface area contributed by atoms with Gasteiger partial charge in [0.05, 0.1) is 0 Å². The van der Waals surface area contributed by atoms with Crippen LogP contribution >= 0.6 is 0 Å². The molecule has 0 aliphatic carbocycles. The maximum Gasteiger partial charge on any atom is 0.244 e. The molecule has 86 valence electrons. The summed E-state index contributed by atoms with van der Waals surface area (Å²) in [7, 11) is 0. The fourth-order valence-electron chi connectivity index (χ4n) is 2.16. The van der Waals surface area contributed by atoms with Crippen molar-refractivity contribution in [3.05, 3.63) is 35.6 Å². The van der Waals surface area contributed by atoms with E-state index < -0.39 is 5.54 Å². The van der Waals surface area contributed by atoms with Gasteiger partial charge in [0.25, 0.3) is 0 Å². The average molecular weight is 222 g/mol. The van der Waals surface area contributed by atoms with Crippen molar-refractivity contribution in [3.8, 4) is 0 Å². The number of carbonyl (C=O) groups is 1. The van der Waals surface area contributed by atoms with E-state index in [4.69, 9.17) is 0 Å². The Morgan fingerprint density at radius 3 is 2.88 bits per heavy atom. The highest BCUT2D eigenvalue weighted by molar-refractivity contribution is 5.88. The molecule has 4 heteroatoms. The first-order chi connectivity index (χ1) is 7.69. The van der Waals surface area contributed by atoms with Crippen molar-refractivity contribution in [2.45, 2.75) is 18.9 Å². The van der Waals surface area contributed by atoms with Gasteiger partial charge in [0.1, 0.15) is 11.4 Å². The van der Waals surface area contributed by atoms with E-state index in [0.717, 1.165) is 0 Å². The lowest BCUT2D eigenvalue weighted by molar-refractivity contribution is -0.129. The van der Waals surface area contributed by atoms with Gasteiger partial charge in [-0.3, -0.25) is 10.1 Å². The van der Waals surface area contributed by atoms with Gasteiger partial charge in [-0.1, -0.05) is 19.1 Å². The highest BCUT2D eigenvalue weighted by Crippen LogP contribution is 2.27. The van der Waals surface area contributed by atoms with Gasteiger partial charge in [0, 0.05) is 13.1 Å². The van der Waals surface area contributed by atoms with Crippen molar-refractivity contribution >= 4 is 5.91 Å². The van der Waals surface area contributed by atoms with E-state index in [-0.39, 0.29) is 11.7 Å². The summed E-state index contributed by atoms with van der Waals surface area (Å²) < 4.78 is 13.2. The third-order valence-corrected chi connectivity index (χ3v) is 3.07. The van der Waals surface area contributed by atoms with Gasteiger partial charge < -0.3 is 5.32 Å². The van der Waals surface area contributed by atoms with Gasteiger partial charge in [-0.25, -0.2) is 4.39 Å². The number of rotatable bonds is 2. The lowest BCUT2D eigenvalue weighted by Gasteiger charge is -2.36. The zero-order chi connectivity index (χ0) is 11.6. The zero-order valence-electron chi connectivity index (χ0n) is 9.22. The molecule has 1 unspecified atom stereocenters. The Morgan fingerprint density at radius 2 is 2.25 bits per heavy atom. The van der Waals surface area contributed by atoms with E-state index >= 15 is 0 Å². The highest BCUT2D eigenvalue weighted by atomic mass is 19.1. The summed E-state index contributed by atoms with van der Waals surface area (Å²) in [4.78, 5) is 12.0. The van der Waals surface area contributed by atoms with Crippen LogP contribution in [0.1, 0.15) is 18.9 Å². The number of halogens is 1. The second kappa shape index (κ2) is 4.22. The van der Waals surface area contributed by atoms with Crippen LogP contribution < -0.4 is 10.6 Å². The molecule has 1 atom stereocenters. The Bertz CT molecular complexity index is 408. The van der Waals surface area contributed by atoms with Crippen molar-refractivity contribution < 1.29 is 9.18 Å². The molecule has 0 aromatic heterocycles. The summed E-state index contributed by atoms with van der Waals surface area (Å²) in [6.07, 6.45) is 0.599. The predicted octanol–water partition coefficient (Wildman–Crippen LogP) is 1.15. The Hall–Kier alpha value is -1.42. The van der Waals surface area contributed by atoms with Crippen LogP contribution in [0.3, 0.4) is 0 Å². The van der Waals surface area contributed by atoms with E-state index in [2.05, 4.69) is 10.6 Å². The first-order valence-corrected chi connectivity index (χ1v) is 5.48. The summed E-state index contributed by atoms with van der Waals surface area (Å²) >= 11 is 0. The monoisotopic (exact) mass is 222 g/mol. The highest BCUT2D eigenvalue weighted by Gasteiger charge is 2.40. The molecule has 2 N–H and O–H groups in total. The van der Waals surface area contributed by atoms with E-state index in [1.165, 1.54) is 12.1 Å². The van der Waals surface area contributed by atoms with Crippen LogP contribution in [0.2, 0.25) is 0 Å². The standard InChI is InChI=1S/C12H15FN2O/c1-2-12(11(16)14-6-7-15-12)9-4-3-5-10(13)8-9/h3-5,8,15H,2,6-7H2,1H3,(H,14,16). The topological polar surface area (TPSA) is 41.1 Å². The first-order valence-electron chi connectivity index (χ1n) is 5.48. The van der Waals surface area contributed by atoms with Crippen LogP contribution in [0.4, 0.5) is 4.39 Å². The minimum absolute atomic E-state index is 0.0770. The molecular weight excluding hydrogens is 207 g/mol. The molecule has 1 heterocycles. The molecule has 2 rings (SSSR count). The smallest absolute Gasteiger partial charge is 0.244 e. The molecule has 16 heavy (non-hydrogen) atoms. The average Bonchev–Trinajstić information content (AvgIpc) is 2.30. The molecule has 1 amide bonds. The van der Waals surface area contributed by atoms with E-state index in [1.54, 1.807) is 12.1 Å². The van der Waals surface area contributed by atoms with Crippen molar-refractivity contribution in [2.24, 2.45) is 0 Å². The van der Waals surface area contributed by atoms with Crippen LogP contribution in [0, 0.1) is 5.82 Å². The number of nitrogens with one attached hydrogen (secondary N) is 2. The van der Waals surface area contributed by atoms with Gasteiger partial charge >= 0.3 is 0 Å². The number of piperazine rings is 1. The minimum Gasteiger partial charge on any atom is -0.353 e. The minimum atomic E-state index is -0.777. The summed E-state index contributed by atoms with van der Waals surface area (Å²) in [6, 6.07) is 6.21. The fraction of sp³-hybridized carbons (Fsp3) is 0.417. The normalized spacial score (nSPS) is 25.2. The number of benzene rings is 1. The SMILES string of the molecule is CCC1(c2cccc(F)c2)NCCNC1=O. The van der Waals surface area contributed by atoms with Crippen LogP contribution in [0.15, 0.2) is 24.3 Å². The van der Waals surface area contributed by atoms with Crippen molar-refractivity contribution in [1.82, 2.24) is 10.6 Å².